The Hall–Kier alpha value is -3.62. The number of ether oxygens (including phenoxy) is 5. The van der Waals surface area contributed by atoms with Crippen LogP contribution in [0.4, 0.5) is 9.59 Å². The van der Waals surface area contributed by atoms with Crippen molar-refractivity contribution in [3.8, 4) is 0 Å². The maximum absolute atomic E-state index is 11.7. The fourth-order valence-corrected chi connectivity index (χ4v) is 3.23. The number of aliphatic hydroxyl groups is 1. The van der Waals surface area contributed by atoms with Crippen LogP contribution in [0.25, 0.3) is 0 Å². The van der Waals surface area contributed by atoms with Crippen molar-refractivity contribution >= 4 is 36.1 Å². The molecule has 0 spiro atoms. The Labute approximate surface area is 252 Å². The molecule has 15 heteroatoms. The monoisotopic (exact) mass is 620 g/mol. The molecule has 0 aromatic carbocycles. The van der Waals surface area contributed by atoms with Crippen LogP contribution in [0.5, 0.6) is 0 Å². The first-order valence-electron chi connectivity index (χ1n) is 14.8. The number of esters is 3. The van der Waals surface area contributed by atoms with Gasteiger partial charge in [0, 0.05) is 19.7 Å². The van der Waals surface area contributed by atoms with E-state index in [9.17, 15) is 28.8 Å². The van der Waals surface area contributed by atoms with Crippen molar-refractivity contribution in [1.82, 2.24) is 10.6 Å². The number of carboxylic acids is 1. The molecule has 15 nitrogen and oxygen atoms in total. The van der Waals surface area contributed by atoms with Crippen LogP contribution < -0.4 is 10.6 Å². The Bertz CT molecular complexity index is 808. The lowest BCUT2D eigenvalue weighted by atomic mass is 10.2. The van der Waals surface area contributed by atoms with Crippen LogP contribution in [-0.4, -0.2) is 99.0 Å². The minimum atomic E-state index is -1.06. The van der Waals surface area contributed by atoms with Gasteiger partial charge in [-0.1, -0.05) is 12.8 Å². The predicted octanol–water partition coefficient (Wildman–Crippen LogP) is 2.61. The van der Waals surface area contributed by atoms with Gasteiger partial charge in [0.25, 0.3) is 0 Å². The predicted molar refractivity (Wildman–Crippen MR) is 151 cm³/mol. The molecule has 248 valence electrons. The molecule has 0 aliphatic rings. The Balaban J connectivity index is 3.45. The van der Waals surface area contributed by atoms with Gasteiger partial charge in [-0.15, -0.1) is 0 Å². The molecule has 0 saturated heterocycles. The zero-order valence-electron chi connectivity index (χ0n) is 24.9. The summed E-state index contributed by atoms with van der Waals surface area (Å²) in [5.41, 5.74) is 0. The second-order valence-corrected chi connectivity index (χ2v) is 9.44. The third-order valence-electron chi connectivity index (χ3n) is 5.60. The molecule has 0 fully saturated rings. The number of alkyl carbamates (subject to hydrolysis) is 2. The Morgan fingerprint density at radius 1 is 0.442 bits per heavy atom. The van der Waals surface area contributed by atoms with Crippen molar-refractivity contribution in [3.63, 3.8) is 0 Å². The minimum Gasteiger partial charge on any atom is -0.481 e. The van der Waals surface area contributed by atoms with Crippen LogP contribution in [0.1, 0.15) is 89.9 Å². The quantitative estimate of drug-likeness (QED) is 0.0591. The van der Waals surface area contributed by atoms with Crippen molar-refractivity contribution < 1.29 is 62.7 Å². The summed E-state index contributed by atoms with van der Waals surface area (Å²) < 4.78 is 24.9. The third kappa shape index (κ3) is 29.7. The average Bonchev–Trinajstić information content (AvgIpc) is 2.97. The molecule has 43 heavy (non-hydrogen) atoms. The number of rotatable bonds is 27. The van der Waals surface area contributed by atoms with Gasteiger partial charge < -0.3 is 44.5 Å². The van der Waals surface area contributed by atoms with Crippen molar-refractivity contribution in [3.05, 3.63) is 0 Å². The Kier molecular flexibility index (Phi) is 26.1. The normalized spacial score (nSPS) is 10.3. The molecule has 0 rings (SSSR count). The number of carboxylic acid groups (broad SMARTS) is 1. The van der Waals surface area contributed by atoms with Gasteiger partial charge in [0.2, 0.25) is 0 Å². The summed E-state index contributed by atoms with van der Waals surface area (Å²) in [5, 5.41) is 22.5. The number of carbonyl (C=O) groups is 6. The van der Waals surface area contributed by atoms with Gasteiger partial charge in [0.15, 0.2) is 0 Å². The lowest BCUT2D eigenvalue weighted by Crippen LogP contribution is -2.26. The minimum absolute atomic E-state index is 0.0408. The highest BCUT2D eigenvalue weighted by Gasteiger charge is 2.10. The molecular formula is C28H48N2O13. The van der Waals surface area contributed by atoms with Crippen LogP contribution in [0.15, 0.2) is 0 Å². The number of aliphatic hydroxyl groups excluding tert-OH is 1. The highest BCUT2D eigenvalue weighted by molar-refractivity contribution is 5.77. The van der Waals surface area contributed by atoms with Crippen LogP contribution in [0.2, 0.25) is 0 Å². The van der Waals surface area contributed by atoms with E-state index in [0.29, 0.717) is 51.6 Å². The summed E-state index contributed by atoms with van der Waals surface area (Å²) in [4.78, 5) is 68.1. The molecule has 0 atom stereocenters. The molecule has 0 aromatic heterocycles. The van der Waals surface area contributed by atoms with Crippen LogP contribution in [0.3, 0.4) is 0 Å². The summed E-state index contributed by atoms with van der Waals surface area (Å²) in [6.45, 7) is 1.86. The number of aliphatic carboxylic acids is 1. The maximum atomic E-state index is 11.7. The lowest BCUT2D eigenvalue weighted by Gasteiger charge is -2.08. The SMILES string of the molecule is O=C(O)CCC(=O)OCCCCOC(=O)NCCCCCCNC(=O)OCCCCOC(=O)CCC(=O)OCCCCO. The molecule has 0 unspecified atom stereocenters. The summed E-state index contributed by atoms with van der Waals surface area (Å²) in [6.07, 6.45) is 4.81. The van der Waals surface area contributed by atoms with Gasteiger partial charge in [-0.25, -0.2) is 9.59 Å². The molecule has 0 aromatic rings. The molecule has 0 aliphatic carbocycles. The van der Waals surface area contributed by atoms with E-state index in [2.05, 4.69) is 10.6 Å². The van der Waals surface area contributed by atoms with Crippen molar-refractivity contribution in [2.45, 2.75) is 89.9 Å². The van der Waals surface area contributed by atoms with Crippen LogP contribution in [-0.2, 0) is 42.9 Å². The molecule has 0 aliphatic heterocycles. The standard InChI is InChI=1S/C28H48N2O13/c31-17-5-6-18-39-25(35)13-14-26(36)41-20-8-10-22-43-28(38)30-16-4-2-1-3-15-29-27(37)42-21-9-7-19-40-24(34)12-11-23(32)33/h31H,1-22H2,(H,29,37)(H,30,38)(H,32,33). The molecular weight excluding hydrogens is 572 g/mol. The van der Waals surface area contributed by atoms with E-state index in [4.69, 9.17) is 33.9 Å². The third-order valence-corrected chi connectivity index (χ3v) is 5.60. The van der Waals surface area contributed by atoms with Crippen LogP contribution in [0, 0.1) is 0 Å². The second-order valence-electron chi connectivity index (χ2n) is 9.44. The van der Waals surface area contributed by atoms with Gasteiger partial charge in [-0.3, -0.25) is 19.2 Å². The van der Waals surface area contributed by atoms with Crippen LogP contribution >= 0.6 is 0 Å². The number of amides is 2. The van der Waals surface area contributed by atoms with Crippen molar-refractivity contribution in [1.29, 1.82) is 0 Å². The topological polar surface area (TPSA) is 213 Å². The molecule has 0 heterocycles. The first-order chi connectivity index (χ1) is 20.7. The van der Waals surface area contributed by atoms with Gasteiger partial charge in [-0.05, 0) is 51.4 Å². The first kappa shape index (κ1) is 39.4. The lowest BCUT2D eigenvalue weighted by molar-refractivity contribution is -0.150. The number of unbranched alkanes of at least 4 members (excludes halogenated alkanes) is 6. The smallest absolute Gasteiger partial charge is 0.407 e. The van der Waals surface area contributed by atoms with E-state index in [-0.39, 0.29) is 65.3 Å². The number of carbonyl (C=O) groups excluding carboxylic acids is 5. The first-order valence-corrected chi connectivity index (χ1v) is 14.8. The largest absolute Gasteiger partial charge is 0.481 e. The number of hydrogen-bond acceptors (Lipinski definition) is 12. The fourth-order valence-electron chi connectivity index (χ4n) is 3.23. The van der Waals surface area contributed by atoms with Gasteiger partial charge >= 0.3 is 36.1 Å². The Morgan fingerprint density at radius 3 is 1.16 bits per heavy atom. The summed E-state index contributed by atoms with van der Waals surface area (Å²) in [6, 6.07) is 0. The highest BCUT2D eigenvalue weighted by Crippen LogP contribution is 2.01. The number of nitrogens with one attached hydrogen (secondary N) is 2. The zero-order chi connectivity index (χ0) is 32.0. The molecule has 4 N–H and O–H groups in total. The molecule has 0 saturated carbocycles. The zero-order valence-corrected chi connectivity index (χ0v) is 24.9. The van der Waals surface area contributed by atoms with E-state index in [1.807, 2.05) is 0 Å². The number of hydrogen-bond donors (Lipinski definition) is 4. The van der Waals surface area contributed by atoms with Gasteiger partial charge in [-0.2, -0.15) is 0 Å². The molecule has 0 bridgehead atoms. The summed E-state index contributed by atoms with van der Waals surface area (Å²) in [7, 11) is 0. The van der Waals surface area contributed by atoms with E-state index in [1.54, 1.807) is 0 Å². The van der Waals surface area contributed by atoms with E-state index >= 15 is 0 Å². The molecule has 2 amide bonds. The fraction of sp³-hybridized carbons (Fsp3) is 0.786. The van der Waals surface area contributed by atoms with E-state index < -0.39 is 36.1 Å². The average molecular weight is 621 g/mol. The van der Waals surface area contributed by atoms with Crippen molar-refractivity contribution in [2.24, 2.45) is 0 Å². The highest BCUT2D eigenvalue weighted by atomic mass is 16.6. The van der Waals surface area contributed by atoms with Crippen molar-refractivity contribution in [2.75, 3.05) is 52.7 Å². The maximum Gasteiger partial charge on any atom is 0.407 e. The van der Waals surface area contributed by atoms with Gasteiger partial charge in [0.1, 0.15) is 0 Å². The summed E-state index contributed by atoms with van der Waals surface area (Å²) >= 11 is 0. The van der Waals surface area contributed by atoms with E-state index in [0.717, 1.165) is 25.7 Å². The van der Waals surface area contributed by atoms with E-state index in [1.165, 1.54) is 0 Å². The second kappa shape index (κ2) is 28.5. The Morgan fingerprint density at radius 2 is 0.791 bits per heavy atom. The summed E-state index contributed by atoms with van der Waals surface area (Å²) in [5.74, 6) is -2.60. The molecule has 0 radical (unpaired) electrons. The van der Waals surface area contributed by atoms with Gasteiger partial charge in [0.05, 0.1) is 58.7 Å².